The maximum absolute atomic E-state index is 5.47. The number of hydrogen-bond acceptors (Lipinski definition) is 9. The number of hydrogen-bond donors (Lipinski definition) is 1. The average Bonchev–Trinajstić information content (AvgIpc) is 3.41. The fourth-order valence-corrected chi connectivity index (χ4v) is 5.28. The van der Waals surface area contributed by atoms with Gasteiger partial charge >= 0.3 is 0 Å². The van der Waals surface area contributed by atoms with Gasteiger partial charge in [-0.2, -0.15) is 0 Å². The van der Waals surface area contributed by atoms with Crippen molar-refractivity contribution in [1.29, 1.82) is 0 Å². The van der Waals surface area contributed by atoms with Crippen LogP contribution < -0.4 is 24.1 Å². The predicted octanol–water partition coefficient (Wildman–Crippen LogP) is 7.99. The van der Waals surface area contributed by atoms with Crippen molar-refractivity contribution in [3.05, 3.63) is 64.1 Å². The van der Waals surface area contributed by atoms with Crippen LogP contribution in [-0.4, -0.2) is 45.3 Å². The predicted molar refractivity (Wildman–Crippen MR) is 167 cm³/mol. The molecular formula is C28H38N3O4PS2. The van der Waals surface area contributed by atoms with E-state index in [2.05, 4.69) is 52.4 Å². The SMILES string of the molecule is C=C(Nc1cc(OC)c(OC)c(OC)c1)S/C(=C(\C)N(C)C)c1nc(-c2ccc(OP)cc2)cs1.CCC. The lowest BCUT2D eigenvalue weighted by Crippen LogP contribution is -2.10. The highest BCUT2D eigenvalue weighted by Crippen LogP contribution is 2.43. The van der Waals surface area contributed by atoms with Gasteiger partial charge in [-0.3, -0.25) is 0 Å². The zero-order chi connectivity index (χ0) is 28.2. The minimum Gasteiger partial charge on any atom is -0.493 e. The first kappa shape index (κ1) is 31.3. The number of anilines is 1. The van der Waals surface area contributed by atoms with Crippen molar-refractivity contribution in [1.82, 2.24) is 9.88 Å². The third kappa shape index (κ3) is 8.32. The summed E-state index contributed by atoms with van der Waals surface area (Å²) in [6, 6.07) is 11.5. The van der Waals surface area contributed by atoms with Crippen LogP contribution in [0.3, 0.4) is 0 Å². The summed E-state index contributed by atoms with van der Waals surface area (Å²) in [4.78, 5) is 8.00. The van der Waals surface area contributed by atoms with Gasteiger partial charge in [0.25, 0.3) is 0 Å². The summed E-state index contributed by atoms with van der Waals surface area (Å²) in [6.07, 6.45) is 1.25. The van der Waals surface area contributed by atoms with Gasteiger partial charge in [-0.05, 0) is 31.2 Å². The topological polar surface area (TPSA) is 65.1 Å². The number of aromatic nitrogens is 1. The molecule has 0 bridgehead atoms. The molecule has 206 valence electrons. The van der Waals surface area contributed by atoms with E-state index in [1.54, 1.807) is 32.7 Å². The zero-order valence-corrected chi connectivity index (χ0v) is 26.2. The fourth-order valence-electron chi connectivity index (χ4n) is 3.15. The molecule has 0 aliphatic heterocycles. The van der Waals surface area contributed by atoms with Crippen molar-refractivity contribution in [3.8, 4) is 34.3 Å². The molecule has 10 heteroatoms. The lowest BCUT2D eigenvalue weighted by molar-refractivity contribution is 0.324. The average molecular weight is 576 g/mol. The number of thioether (sulfide) groups is 1. The van der Waals surface area contributed by atoms with Crippen molar-refractivity contribution < 1.29 is 18.7 Å². The molecule has 1 unspecified atom stereocenters. The summed E-state index contributed by atoms with van der Waals surface area (Å²) in [6.45, 7) is 10.6. The standard InChI is InChI=1S/C25H30N3O4PS2.C3H8/c1-15(28(3)4)24(25-27-20(14-34-25)17-8-10-19(32-33)11-9-17)35-16(2)26-18-12-21(29-5)23(31-7)22(13-18)30-6;1-3-2/h8-14,26H,2,33H2,1,3-7H3;3H2,1-2H3/b24-15+;. The highest BCUT2D eigenvalue weighted by molar-refractivity contribution is 8.12. The number of ether oxygens (including phenoxy) is 3. The molecule has 1 aromatic heterocycles. The summed E-state index contributed by atoms with van der Waals surface area (Å²) < 4.78 is 21.5. The molecule has 38 heavy (non-hydrogen) atoms. The summed E-state index contributed by atoms with van der Waals surface area (Å²) in [5.41, 5.74) is 3.79. The van der Waals surface area contributed by atoms with Gasteiger partial charge in [0.1, 0.15) is 10.8 Å². The maximum Gasteiger partial charge on any atom is 0.203 e. The molecule has 2 aromatic carbocycles. The number of nitrogens with zero attached hydrogens (tertiary/aromatic N) is 2. The first-order valence-electron chi connectivity index (χ1n) is 12.0. The van der Waals surface area contributed by atoms with Crippen LogP contribution in [0, 0.1) is 0 Å². The van der Waals surface area contributed by atoms with Crippen molar-refractivity contribution >= 4 is 43.2 Å². The maximum atomic E-state index is 5.47. The molecule has 1 heterocycles. The van der Waals surface area contributed by atoms with E-state index >= 15 is 0 Å². The Bertz CT molecular complexity index is 1200. The minimum absolute atomic E-state index is 0.537. The van der Waals surface area contributed by atoms with Crippen LogP contribution in [0.15, 0.2) is 59.1 Å². The molecule has 0 radical (unpaired) electrons. The second kappa shape index (κ2) is 15.5. The van der Waals surface area contributed by atoms with Gasteiger partial charge in [-0.15, -0.1) is 11.3 Å². The molecule has 0 aliphatic carbocycles. The van der Waals surface area contributed by atoms with Gasteiger partial charge in [0.05, 0.1) is 46.4 Å². The summed E-state index contributed by atoms with van der Waals surface area (Å²) in [7, 11) is 11.0. The van der Waals surface area contributed by atoms with Crippen molar-refractivity contribution in [2.75, 3.05) is 40.7 Å². The zero-order valence-electron chi connectivity index (χ0n) is 23.4. The number of thiazole rings is 1. The monoisotopic (exact) mass is 575 g/mol. The molecule has 3 rings (SSSR count). The molecule has 7 nitrogen and oxygen atoms in total. The number of rotatable bonds is 11. The molecule has 0 spiro atoms. The molecule has 3 aromatic rings. The second-order valence-electron chi connectivity index (χ2n) is 8.26. The summed E-state index contributed by atoms with van der Waals surface area (Å²) in [5.74, 6) is 2.45. The molecule has 0 aliphatic rings. The highest BCUT2D eigenvalue weighted by atomic mass is 32.2. The Balaban J connectivity index is 0.00000161. The van der Waals surface area contributed by atoms with Gasteiger partial charge < -0.3 is 29.0 Å². The summed E-state index contributed by atoms with van der Waals surface area (Å²) >= 11 is 3.12. The Kier molecular flexibility index (Phi) is 12.8. The molecule has 1 atom stereocenters. The smallest absolute Gasteiger partial charge is 0.203 e. The molecule has 0 saturated heterocycles. The van der Waals surface area contributed by atoms with Crippen LogP contribution in [0.4, 0.5) is 5.69 Å². The van der Waals surface area contributed by atoms with E-state index in [-0.39, 0.29) is 0 Å². The van der Waals surface area contributed by atoms with Crippen LogP contribution in [-0.2, 0) is 0 Å². The van der Waals surface area contributed by atoms with E-state index in [1.807, 2.05) is 50.5 Å². The Labute approximate surface area is 237 Å². The van der Waals surface area contributed by atoms with Gasteiger partial charge in [-0.25, -0.2) is 4.98 Å². The first-order valence-corrected chi connectivity index (χ1v) is 14.1. The van der Waals surface area contributed by atoms with Crippen LogP contribution in [0.5, 0.6) is 23.0 Å². The van der Waals surface area contributed by atoms with E-state index in [9.17, 15) is 0 Å². The van der Waals surface area contributed by atoms with E-state index in [0.717, 1.165) is 43.3 Å². The van der Waals surface area contributed by atoms with Crippen molar-refractivity contribution in [3.63, 3.8) is 0 Å². The van der Waals surface area contributed by atoms with Gasteiger partial charge in [0.15, 0.2) is 11.5 Å². The molecule has 1 N–H and O–H groups in total. The molecular weight excluding hydrogens is 537 g/mol. The lowest BCUT2D eigenvalue weighted by atomic mass is 10.2. The van der Waals surface area contributed by atoms with E-state index in [4.69, 9.17) is 23.7 Å². The molecule has 0 fully saturated rings. The van der Waals surface area contributed by atoms with Crippen LogP contribution in [0.25, 0.3) is 16.2 Å². The highest BCUT2D eigenvalue weighted by Gasteiger charge is 2.18. The largest absolute Gasteiger partial charge is 0.493 e. The molecule has 0 saturated carbocycles. The third-order valence-electron chi connectivity index (χ3n) is 5.16. The normalized spacial score (nSPS) is 11.0. The number of nitrogens with one attached hydrogen (secondary N) is 1. The number of methoxy groups -OCH3 is 3. The molecule has 0 amide bonds. The first-order chi connectivity index (χ1) is 18.2. The third-order valence-corrected chi connectivity index (χ3v) is 7.46. The Morgan fingerprint density at radius 1 is 1.05 bits per heavy atom. The second-order valence-corrected chi connectivity index (χ2v) is 10.5. The van der Waals surface area contributed by atoms with Crippen LogP contribution >= 0.6 is 32.6 Å². The van der Waals surface area contributed by atoms with Crippen LogP contribution in [0.1, 0.15) is 32.2 Å². The fraction of sp³-hybridized carbons (Fsp3) is 0.321. The van der Waals surface area contributed by atoms with Crippen molar-refractivity contribution in [2.45, 2.75) is 27.2 Å². The lowest BCUT2D eigenvalue weighted by Gasteiger charge is -2.19. The Morgan fingerprint density at radius 2 is 1.63 bits per heavy atom. The van der Waals surface area contributed by atoms with E-state index < -0.39 is 0 Å². The quantitative estimate of drug-likeness (QED) is 0.231. The van der Waals surface area contributed by atoms with E-state index in [0.29, 0.717) is 17.2 Å². The number of benzene rings is 2. The summed E-state index contributed by atoms with van der Waals surface area (Å²) in [5, 5.41) is 7.05. The van der Waals surface area contributed by atoms with E-state index in [1.165, 1.54) is 18.2 Å². The van der Waals surface area contributed by atoms with Crippen LogP contribution in [0.2, 0.25) is 0 Å². The van der Waals surface area contributed by atoms with Crippen molar-refractivity contribution in [2.24, 2.45) is 0 Å². The van der Waals surface area contributed by atoms with Gasteiger partial charge in [0.2, 0.25) is 5.75 Å². The Hall–Kier alpha value is -2.87. The number of allylic oxidation sites excluding steroid dienone is 1. The minimum atomic E-state index is 0.537. The van der Waals surface area contributed by atoms with Gasteiger partial charge in [-0.1, -0.05) is 38.6 Å². The van der Waals surface area contributed by atoms with Gasteiger partial charge in [0, 0.05) is 48.6 Å². The Morgan fingerprint density at radius 3 is 2.11 bits per heavy atom.